The van der Waals surface area contributed by atoms with Crippen LogP contribution < -0.4 is 20.1 Å². The highest BCUT2D eigenvalue weighted by atomic mass is 16.5. The second kappa shape index (κ2) is 7.51. The lowest BCUT2D eigenvalue weighted by Crippen LogP contribution is -2.14. The summed E-state index contributed by atoms with van der Waals surface area (Å²) in [6, 6.07) is 10.2. The number of anilines is 3. The largest absolute Gasteiger partial charge is 0.493 e. The summed E-state index contributed by atoms with van der Waals surface area (Å²) in [4.78, 5) is 12.1. The predicted octanol–water partition coefficient (Wildman–Crippen LogP) is 2.79. The van der Waals surface area contributed by atoms with Gasteiger partial charge in [0.15, 0.2) is 28.8 Å². The van der Waals surface area contributed by atoms with Gasteiger partial charge in [-0.05, 0) is 31.2 Å². The van der Waals surface area contributed by atoms with Gasteiger partial charge in [0.25, 0.3) is 5.91 Å². The van der Waals surface area contributed by atoms with Gasteiger partial charge in [-0.2, -0.15) is 0 Å². The van der Waals surface area contributed by atoms with Gasteiger partial charge >= 0.3 is 0 Å². The predicted molar refractivity (Wildman–Crippen MR) is 94.1 cm³/mol. The monoisotopic (exact) mass is 355 g/mol. The van der Waals surface area contributed by atoms with Crippen molar-refractivity contribution in [3.8, 4) is 11.5 Å². The summed E-state index contributed by atoms with van der Waals surface area (Å²) in [5.41, 5.74) is 0.899. The number of nitrogens with one attached hydrogen (secondary N) is 2. The van der Waals surface area contributed by atoms with Crippen LogP contribution in [0.3, 0.4) is 0 Å². The Hall–Kier alpha value is -3.62. The fourth-order valence-corrected chi connectivity index (χ4v) is 2.19. The molecule has 0 aliphatic carbocycles. The average molecular weight is 355 g/mol. The van der Waals surface area contributed by atoms with E-state index < -0.39 is 5.91 Å². The van der Waals surface area contributed by atoms with E-state index in [0.717, 1.165) is 5.69 Å². The topological polar surface area (TPSA) is 111 Å². The number of aromatic nitrogens is 3. The highest BCUT2D eigenvalue weighted by Crippen LogP contribution is 2.30. The Balaban J connectivity index is 1.68. The van der Waals surface area contributed by atoms with Crippen LogP contribution in [0.4, 0.5) is 17.3 Å². The normalized spacial score (nSPS) is 10.3. The third-order valence-corrected chi connectivity index (χ3v) is 3.42. The van der Waals surface area contributed by atoms with Crippen molar-refractivity contribution in [3.05, 3.63) is 47.9 Å². The molecule has 134 valence electrons. The molecular formula is C17H17N5O4. The van der Waals surface area contributed by atoms with Crippen LogP contribution in [0.2, 0.25) is 0 Å². The third kappa shape index (κ3) is 3.89. The van der Waals surface area contributed by atoms with Crippen LogP contribution in [-0.2, 0) is 0 Å². The summed E-state index contributed by atoms with van der Waals surface area (Å²) in [6.45, 7) is 1.73. The van der Waals surface area contributed by atoms with Gasteiger partial charge < -0.3 is 24.6 Å². The van der Waals surface area contributed by atoms with Crippen molar-refractivity contribution in [3.63, 3.8) is 0 Å². The maximum atomic E-state index is 12.1. The molecule has 0 radical (unpaired) electrons. The second-order valence-electron chi connectivity index (χ2n) is 5.28. The van der Waals surface area contributed by atoms with E-state index >= 15 is 0 Å². The van der Waals surface area contributed by atoms with Gasteiger partial charge in [-0.25, -0.2) is 0 Å². The van der Waals surface area contributed by atoms with Crippen molar-refractivity contribution in [2.24, 2.45) is 0 Å². The molecule has 0 saturated heterocycles. The van der Waals surface area contributed by atoms with Crippen LogP contribution in [0.25, 0.3) is 0 Å². The van der Waals surface area contributed by atoms with Crippen molar-refractivity contribution in [1.82, 2.24) is 15.4 Å². The summed E-state index contributed by atoms with van der Waals surface area (Å²) in [7, 11) is 3.13. The maximum absolute atomic E-state index is 12.1. The van der Waals surface area contributed by atoms with Gasteiger partial charge in [0.05, 0.1) is 14.2 Å². The van der Waals surface area contributed by atoms with Crippen LogP contribution in [0.5, 0.6) is 11.5 Å². The van der Waals surface area contributed by atoms with Crippen molar-refractivity contribution in [2.45, 2.75) is 6.92 Å². The first-order valence-electron chi connectivity index (χ1n) is 7.66. The van der Waals surface area contributed by atoms with Gasteiger partial charge in [-0.3, -0.25) is 4.79 Å². The van der Waals surface area contributed by atoms with E-state index in [0.29, 0.717) is 28.9 Å². The zero-order valence-corrected chi connectivity index (χ0v) is 14.4. The summed E-state index contributed by atoms with van der Waals surface area (Å²) in [6.07, 6.45) is 0. The first-order chi connectivity index (χ1) is 12.6. The molecule has 0 bridgehead atoms. The number of rotatable bonds is 6. The molecule has 3 rings (SSSR count). The number of benzene rings is 1. The number of aryl methyl sites for hydroxylation is 1. The van der Waals surface area contributed by atoms with E-state index in [2.05, 4.69) is 26.0 Å². The Kier molecular flexibility index (Phi) is 4.97. The number of hydrogen-bond acceptors (Lipinski definition) is 8. The van der Waals surface area contributed by atoms with Crippen molar-refractivity contribution < 1.29 is 18.8 Å². The van der Waals surface area contributed by atoms with Crippen LogP contribution in [0.15, 0.2) is 40.9 Å². The fourth-order valence-electron chi connectivity index (χ4n) is 2.19. The first kappa shape index (κ1) is 17.2. The molecule has 0 aliphatic rings. The molecule has 1 amide bonds. The minimum atomic E-state index is -0.427. The number of hydrogen-bond donors (Lipinski definition) is 2. The summed E-state index contributed by atoms with van der Waals surface area (Å²) in [5, 5.41) is 17.3. The van der Waals surface area contributed by atoms with Gasteiger partial charge in [-0.15, -0.1) is 10.2 Å². The Morgan fingerprint density at radius 3 is 2.42 bits per heavy atom. The Labute approximate surface area is 149 Å². The molecule has 0 atom stereocenters. The smallest absolute Gasteiger partial charge is 0.277 e. The van der Waals surface area contributed by atoms with E-state index in [1.165, 1.54) is 0 Å². The SMILES string of the molecule is COc1ccc(Nc2ccc(C(=O)Nc3cc(C)on3)nn2)cc1OC. The number of carbonyl (C=O) groups excluding carboxylic acids is 1. The van der Waals surface area contributed by atoms with Crippen molar-refractivity contribution >= 4 is 23.2 Å². The molecule has 0 saturated carbocycles. The zero-order chi connectivity index (χ0) is 18.5. The van der Waals surface area contributed by atoms with Gasteiger partial charge in [0, 0.05) is 17.8 Å². The molecular weight excluding hydrogens is 338 g/mol. The Morgan fingerprint density at radius 1 is 1.00 bits per heavy atom. The molecule has 0 fully saturated rings. The van der Waals surface area contributed by atoms with Crippen LogP contribution in [0.1, 0.15) is 16.2 Å². The molecule has 0 spiro atoms. The minimum Gasteiger partial charge on any atom is -0.493 e. The van der Waals surface area contributed by atoms with Gasteiger partial charge in [0.2, 0.25) is 0 Å². The standard InChI is InChI=1S/C17H17N5O4/c1-10-8-16(22-26-10)19-17(23)12-5-7-15(21-20-12)18-11-4-6-13(24-2)14(9-11)25-3/h4-9H,1-3H3,(H,18,21)(H,19,22,23). The molecule has 2 heterocycles. The highest BCUT2D eigenvalue weighted by Gasteiger charge is 2.11. The van der Waals surface area contributed by atoms with E-state index in [1.807, 2.05) is 6.07 Å². The molecule has 26 heavy (non-hydrogen) atoms. The molecule has 9 nitrogen and oxygen atoms in total. The molecule has 0 unspecified atom stereocenters. The summed E-state index contributed by atoms with van der Waals surface area (Å²) in [5.74, 6) is 2.18. The quantitative estimate of drug-likeness (QED) is 0.694. The Morgan fingerprint density at radius 2 is 1.81 bits per heavy atom. The molecule has 9 heteroatoms. The van der Waals surface area contributed by atoms with Crippen molar-refractivity contribution in [1.29, 1.82) is 0 Å². The first-order valence-corrected chi connectivity index (χ1v) is 7.66. The summed E-state index contributed by atoms with van der Waals surface area (Å²) < 4.78 is 15.3. The van der Waals surface area contributed by atoms with Gasteiger partial charge in [0.1, 0.15) is 5.76 Å². The fraction of sp³-hybridized carbons (Fsp3) is 0.176. The number of methoxy groups -OCH3 is 2. The second-order valence-corrected chi connectivity index (χ2v) is 5.28. The van der Waals surface area contributed by atoms with Gasteiger partial charge in [-0.1, -0.05) is 5.16 Å². The number of amides is 1. The molecule has 1 aromatic carbocycles. The summed E-state index contributed by atoms with van der Waals surface area (Å²) >= 11 is 0. The molecule has 2 aromatic heterocycles. The number of ether oxygens (including phenoxy) is 2. The van der Waals surface area contributed by atoms with Crippen LogP contribution >= 0.6 is 0 Å². The van der Waals surface area contributed by atoms with Crippen LogP contribution in [0, 0.1) is 6.92 Å². The van der Waals surface area contributed by atoms with E-state index in [-0.39, 0.29) is 5.69 Å². The van der Waals surface area contributed by atoms with Crippen molar-refractivity contribution in [2.75, 3.05) is 24.9 Å². The molecule has 2 N–H and O–H groups in total. The zero-order valence-electron chi connectivity index (χ0n) is 14.4. The Bertz CT molecular complexity index is 908. The third-order valence-electron chi connectivity index (χ3n) is 3.42. The molecule has 0 aliphatic heterocycles. The lowest BCUT2D eigenvalue weighted by atomic mass is 10.2. The van der Waals surface area contributed by atoms with E-state index in [9.17, 15) is 4.79 Å². The maximum Gasteiger partial charge on any atom is 0.277 e. The number of nitrogens with zero attached hydrogens (tertiary/aromatic N) is 3. The lowest BCUT2D eigenvalue weighted by molar-refractivity contribution is 0.102. The average Bonchev–Trinajstić information content (AvgIpc) is 3.06. The molecule has 3 aromatic rings. The van der Waals surface area contributed by atoms with E-state index in [1.54, 1.807) is 51.5 Å². The van der Waals surface area contributed by atoms with Crippen LogP contribution in [-0.4, -0.2) is 35.5 Å². The number of carbonyl (C=O) groups is 1. The van der Waals surface area contributed by atoms with E-state index in [4.69, 9.17) is 14.0 Å². The minimum absolute atomic E-state index is 0.156. The highest BCUT2D eigenvalue weighted by molar-refractivity contribution is 6.02. The lowest BCUT2D eigenvalue weighted by Gasteiger charge is -2.10.